The monoisotopic (exact) mass is 233 g/mol. The van der Waals surface area contributed by atoms with Crippen molar-refractivity contribution >= 4 is 5.91 Å². The lowest BCUT2D eigenvalue weighted by atomic mass is 9.87. The van der Waals surface area contributed by atoms with Gasteiger partial charge in [0.2, 0.25) is 5.91 Å². The molecule has 0 radical (unpaired) electrons. The first kappa shape index (κ1) is 12.0. The zero-order chi connectivity index (χ0) is 12.3. The van der Waals surface area contributed by atoms with Gasteiger partial charge in [-0.25, -0.2) is 0 Å². The van der Waals surface area contributed by atoms with Crippen LogP contribution in [0.2, 0.25) is 0 Å². The number of carbonyl (C=O) groups excluding carboxylic acids is 1. The second-order valence-electron chi connectivity index (χ2n) is 4.43. The molecule has 1 aliphatic rings. The van der Waals surface area contributed by atoms with E-state index < -0.39 is 0 Å². The van der Waals surface area contributed by atoms with Crippen LogP contribution in [-0.4, -0.2) is 13.0 Å². The maximum Gasteiger partial charge on any atom is 0.220 e. The molecule has 0 aromatic heterocycles. The van der Waals surface area contributed by atoms with Gasteiger partial charge in [-0.05, 0) is 42.5 Å². The Bertz CT molecular complexity index is 415. The van der Waals surface area contributed by atoms with Crippen molar-refractivity contribution in [1.82, 2.24) is 5.32 Å². The third kappa shape index (κ3) is 2.60. The summed E-state index contributed by atoms with van der Waals surface area (Å²) in [5.41, 5.74) is 2.55. The molecule has 0 bridgehead atoms. The number of benzene rings is 1. The fraction of sp³-hybridized carbons (Fsp3) is 0.500. The highest BCUT2D eigenvalue weighted by molar-refractivity contribution is 5.76. The largest absolute Gasteiger partial charge is 0.497 e. The van der Waals surface area contributed by atoms with Crippen molar-refractivity contribution in [3.05, 3.63) is 29.3 Å². The first-order chi connectivity index (χ1) is 8.24. The normalized spacial score (nSPS) is 18.4. The van der Waals surface area contributed by atoms with E-state index >= 15 is 0 Å². The predicted octanol–water partition coefficient (Wildman–Crippen LogP) is 2.60. The second-order valence-corrected chi connectivity index (χ2v) is 4.43. The van der Waals surface area contributed by atoms with Crippen molar-refractivity contribution in [2.45, 2.75) is 38.6 Å². The van der Waals surface area contributed by atoms with Gasteiger partial charge in [0.15, 0.2) is 0 Å². The molecule has 1 aromatic carbocycles. The van der Waals surface area contributed by atoms with E-state index in [4.69, 9.17) is 4.74 Å². The summed E-state index contributed by atoms with van der Waals surface area (Å²) in [4.78, 5) is 11.5. The summed E-state index contributed by atoms with van der Waals surface area (Å²) >= 11 is 0. The Morgan fingerprint density at radius 3 is 3.06 bits per heavy atom. The van der Waals surface area contributed by atoms with Crippen molar-refractivity contribution in [2.75, 3.05) is 7.11 Å². The first-order valence-electron chi connectivity index (χ1n) is 6.20. The van der Waals surface area contributed by atoms with Crippen LogP contribution < -0.4 is 10.1 Å². The number of fused-ring (bicyclic) bond motifs is 1. The highest BCUT2D eigenvalue weighted by Gasteiger charge is 2.21. The van der Waals surface area contributed by atoms with Crippen molar-refractivity contribution in [2.24, 2.45) is 0 Å². The van der Waals surface area contributed by atoms with E-state index in [1.807, 2.05) is 13.0 Å². The summed E-state index contributed by atoms with van der Waals surface area (Å²) in [5.74, 6) is 1.02. The van der Waals surface area contributed by atoms with E-state index in [1.54, 1.807) is 7.11 Å². The second kappa shape index (κ2) is 5.21. The molecule has 0 heterocycles. The Hall–Kier alpha value is -1.51. The zero-order valence-electron chi connectivity index (χ0n) is 10.5. The highest BCUT2D eigenvalue weighted by Crippen LogP contribution is 2.32. The van der Waals surface area contributed by atoms with Gasteiger partial charge >= 0.3 is 0 Å². The van der Waals surface area contributed by atoms with Crippen LogP contribution in [0, 0.1) is 0 Å². The molecule has 0 aliphatic heterocycles. The molecule has 0 spiro atoms. The molecular formula is C14H19NO2. The van der Waals surface area contributed by atoms with E-state index in [1.165, 1.54) is 11.1 Å². The summed E-state index contributed by atoms with van der Waals surface area (Å²) in [7, 11) is 1.68. The van der Waals surface area contributed by atoms with Gasteiger partial charge < -0.3 is 10.1 Å². The van der Waals surface area contributed by atoms with Crippen LogP contribution in [0.25, 0.3) is 0 Å². The first-order valence-corrected chi connectivity index (χ1v) is 6.20. The van der Waals surface area contributed by atoms with Crippen molar-refractivity contribution in [3.8, 4) is 5.75 Å². The molecule has 0 saturated carbocycles. The molecule has 1 unspecified atom stereocenters. The molecule has 92 valence electrons. The maximum absolute atomic E-state index is 11.5. The number of methoxy groups -OCH3 is 1. The van der Waals surface area contributed by atoms with E-state index in [0.717, 1.165) is 25.0 Å². The molecule has 3 heteroatoms. The van der Waals surface area contributed by atoms with Crippen molar-refractivity contribution in [1.29, 1.82) is 0 Å². The average molecular weight is 233 g/mol. The molecule has 0 fully saturated rings. The van der Waals surface area contributed by atoms with Gasteiger partial charge in [-0.15, -0.1) is 0 Å². The molecule has 1 aromatic rings. The summed E-state index contributed by atoms with van der Waals surface area (Å²) < 4.78 is 5.23. The van der Waals surface area contributed by atoms with Gasteiger partial charge in [0.1, 0.15) is 5.75 Å². The molecule has 3 nitrogen and oxygen atoms in total. The molecule has 1 aliphatic carbocycles. The molecule has 17 heavy (non-hydrogen) atoms. The van der Waals surface area contributed by atoms with Crippen LogP contribution in [0.3, 0.4) is 0 Å². The SMILES string of the molecule is CCC(=O)NC1CCCc2cc(OC)ccc21. The van der Waals surface area contributed by atoms with Gasteiger partial charge in [-0.2, -0.15) is 0 Å². The minimum Gasteiger partial charge on any atom is -0.497 e. The fourth-order valence-electron chi connectivity index (χ4n) is 2.36. The Morgan fingerprint density at radius 1 is 1.53 bits per heavy atom. The van der Waals surface area contributed by atoms with Gasteiger partial charge in [0, 0.05) is 6.42 Å². The number of rotatable bonds is 3. The molecule has 2 rings (SSSR count). The molecule has 1 amide bonds. The third-order valence-electron chi connectivity index (χ3n) is 3.32. The van der Waals surface area contributed by atoms with Crippen LogP contribution in [0.5, 0.6) is 5.75 Å². The topological polar surface area (TPSA) is 38.3 Å². The van der Waals surface area contributed by atoms with Crippen LogP contribution in [0.4, 0.5) is 0 Å². The van der Waals surface area contributed by atoms with Gasteiger partial charge in [0.05, 0.1) is 13.2 Å². The lowest BCUT2D eigenvalue weighted by molar-refractivity contribution is -0.121. The van der Waals surface area contributed by atoms with Crippen LogP contribution in [0.1, 0.15) is 43.4 Å². The third-order valence-corrected chi connectivity index (χ3v) is 3.32. The minimum atomic E-state index is 0.124. The number of aryl methyl sites for hydroxylation is 1. The molecule has 0 saturated heterocycles. The van der Waals surface area contributed by atoms with Crippen LogP contribution >= 0.6 is 0 Å². The number of nitrogens with one attached hydrogen (secondary N) is 1. The molecular weight excluding hydrogens is 214 g/mol. The Balaban J connectivity index is 2.22. The van der Waals surface area contributed by atoms with Crippen molar-refractivity contribution < 1.29 is 9.53 Å². The maximum atomic E-state index is 11.5. The van der Waals surface area contributed by atoms with Gasteiger partial charge in [-0.1, -0.05) is 13.0 Å². The smallest absolute Gasteiger partial charge is 0.220 e. The Labute approximate surface area is 102 Å². The summed E-state index contributed by atoms with van der Waals surface area (Å²) in [6.45, 7) is 1.88. The number of amides is 1. The summed E-state index contributed by atoms with van der Waals surface area (Å²) in [6, 6.07) is 6.31. The highest BCUT2D eigenvalue weighted by atomic mass is 16.5. The average Bonchev–Trinajstić information content (AvgIpc) is 2.38. The van der Waals surface area contributed by atoms with E-state index in [0.29, 0.717) is 6.42 Å². The Kier molecular flexibility index (Phi) is 3.67. The van der Waals surface area contributed by atoms with Gasteiger partial charge in [0.25, 0.3) is 0 Å². The van der Waals surface area contributed by atoms with Gasteiger partial charge in [-0.3, -0.25) is 4.79 Å². The molecule has 1 atom stereocenters. The number of ether oxygens (including phenoxy) is 1. The van der Waals surface area contributed by atoms with E-state index in [2.05, 4.69) is 17.4 Å². The lowest BCUT2D eigenvalue weighted by Gasteiger charge is -2.26. The van der Waals surface area contributed by atoms with E-state index in [9.17, 15) is 4.79 Å². The molecule has 1 N–H and O–H groups in total. The Morgan fingerprint density at radius 2 is 2.35 bits per heavy atom. The van der Waals surface area contributed by atoms with Crippen LogP contribution in [0.15, 0.2) is 18.2 Å². The predicted molar refractivity (Wildman–Crippen MR) is 67.1 cm³/mol. The van der Waals surface area contributed by atoms with Crippen LogP contribution in [-0.2, 0) is 11.2 Å². The van der Waals surface area contributed by atoms with E-state index in [-0.39, 0.29) is 11.9 Å². The lowest BCUT2D eigenvalue weighted by Crippen LogP contribution is -2.30. The fourth-order valence-corrected chi connectivity index (χ4v) is 2.36. The number of hydrogen-bond donors (Lipinski definition) is 1. The number of carbonyl (C=O) groups is 1. The minimum absolute atomic E-state index is 0.124. The number of hydrogen-bond acceptors (Lipinski definition) is 2. The standard InChI is InChI=1S/C14H19NO2/c1-3-14(16)15-13-6-4-5-10-9-11(17-2)7-8-12(10)13/h7-9,13H,3-6H2,1-2H3,(H,15,16). The summed E-state index contributed by atoms with van der Waals surface area (Å²) in [5, 5.41) is 3.08. The van der Waals surface area contributed by atoms with Crippen molar-refractivity contribution in [3.63, 3.8) is 0 Å². The zero-order valence-corrected chi connectivity index (χ0v) is 10.5. The summed E-state index contributed by atoms with van der Waals surface area (Å²) in [6.07, 6.45) is 3.77. The quantitative estimate of drug-likeness (QED) is 0.871.